The van der Waals surface area contributed by atoms with Gasteiger partial charge in [-0.3, -0.25) is 4.57 Å². The molecule has 84 valence electrons. The van der Waals surface area contributed by atoms with Crippen LogP contribution in [0.3, 0.4) is 0 Å². The fourth-order valence-electron chi connectivity index (χ4n) is 1.76. The molecule has 0 unspecified atom stereocenters. The van der Waals surface area contributed by atoms with Crippen LogP contribution in [0.4, 0.5) is 5.82 Å². The fraction of sp³-hybridized carbons (Fsp3) is 0.0833. The van der Waals surface area contributed by atoms with E-state index in [1.165, 1.54) is 6.33 Å². The van der Waals surface area contributed by atoms with Crippen LogP contribution >= 0.6 is 0 Å². The number of imidazole rings is 1. The smallest absolute Gasteiger partial charge is 0.143 e. The molecule has 3 aromatic rings. The van der Waals surface area contributed by atoms with Crippen LogP contribution in [0.1, 0.15) is 0 Å². The minimum Gasteiger partial charge on any atom is -0.373 e. The Hall–Kier alpha value is -2.43. The summed E-state index contributed by atoms with van der Waals surface area (Å²) in [6.45, 7) is 0. The van der Waals surface area contributed by atoms with Crippen molar-refractivity contribution in [1.29, 1.82) is 0 Å². The first-order valence-corrected chi connectivity index (χ1v) is 5.31. The summed E-state index contributed by atoms with van der Waals surface area (Å²) < 4.78 is 1.94. The lowest BCUT2D eigenvalue weighted by Gasteiger charge is -2.04. The Bertz CT molecular complexity index is 659. The maximum Gasteiger partial charge on any atom is 0.143 e. The van der Waals surface area contributed by atoms with Gasteiger partial charge in [-0.25, -0.2) is 15.0 Å². The Balaban J connectivity index is 2.20. The molecule has 0 aliphatic rings. The van der Waals surface area contributed by atoms with Crippen LogP contribution in [0.5, 0.6) is 0 Å². The molecular weight excluding hydrogens is 214 g/mol. The number of anilines is 1. The molecule has 0 saturated heterocycles. The van der Waals surface area contributed by atoms with Gasteiger partial charge in [0.2, 0.25) is 0 Å². The third-order valence-corrected chi connectivity index (χ3v) is 2.61. The van der Waals surface area contributed by atoms with Crippen LogP contribution in [0.2, 0.25) is 0 Å². The lowest BCUT2D eigenvalue weighted by Crippen LogP contribution is -1.99. The van der Waals surface area contributed by atoms with E-state index in [1.54, 1.807) is 6.33 Å². The summed E-state index contributed by atoms with van der Waals surface area (Å²) in [5, 5.41) is 2.99. The number of nitrogens with zero attached hydrogens (tertiary/aromatic N) is 4. The number of aromatic nitrogens is 4. The van der Waals surface area contributed by atoms with Crippen LogP contribution in [0.25, 0.3) is 16.9 Å². The van der Waals surface area contributed by atoms with Crippen molar-refractivity contribution in [3.63, 3.8) is 0 Å². The predicted octanol–water partition coefficient (Wildman–Crippen LogP) is 1.86. The fourth-order valence-corrected chi connectivity index (χ4v) is 1.76. The van der Waals surface area contributed by atoms with E-state index in [0.717, 1.165) is 22.7 Å². The zero-order chi connectivity index (χ0) is 11.7. The van der Waals surface area contributed by atoms with E-state index in [2.05, 4.69) is 20.3 Å². The summed E-state index contributed by atoms with van der Waals surface area (Å²) in [6.07, 6.45) is 3.31. The summed E-state index contributed by atoms with van der Waals surface area (Å²) >= 11 is 0. The highest BCUT2D eigenvalue weighted by molar-refractivity contribution is 5.76. The summed E-state index contributed by atoms with van der Waals surface area (Å²) in [5.74, 6) is 1.59. The molecule has 0 aliphatic carbocycles. The molecule has 2 heterocycles. The van der Waals surface area contributed by atoms with Gasteiger partial charge in [0.15, 0.2) is 0 Å². The lowest BCUT2D eigenvalue weighted by molar-refractivity contribution is 0.995. The Morgan fingerprint density at radius 1 is 1.12 bits per heavy atom. The summed E-state index contributed by atoms with van der Waals surface area (Å²) in [5.41, 5.74) is 1.99. The van der Waals surface area contributed by atoms with Crippen molar-refractivity contribution in [1.82, 2.24) is 19.5 Å². The van der Waals surface area contributed by atoms with E-state index in [9.17, 15) is 0 Å². The molecule has 0 fully saturated rings. The third-order valence-electron chi connectivity index (χ3n) is 2.61. The number of benzene rings is 1. The third kappa shape index (κ3) is 1.61. The van der Waals surface area contributed by atoms with Crippen LogP contribution in [-0.4, -0.2) is 26.6 Å². The standard InChI is InChI=1S/C12H11N5/c1-13-11-6-12(15-7-14-11)17-8-16-9-4-2-3-5-10(9)17/h2-8H,1H3,(H,13,14,15). The normalized spacial score (nSPS) is 10.6. The molecule has 0 aliphatic heterocycles. The van der Waals surface area contributed by atoms with Crippen molar-refractivity contribution < 1.29 is 0 Å². The second-order valence-corrected chi connectivity index (χ2v) is 3.61. The van der Waals surface area contributed by atoms with Crippen LogP contribution in [0.15, 0.2) is 43.0 Å². The van der Waals surface area contributed by atoms with Crippen molar-refractivity contribution in [3.8, 4) is 5.82 Å². The minimum absolute atomic E-state index is 0.785. The van der Waals surface area contributed by atoms with E-state index in [-0.39, 0.29) is 0 Å². The lowest BCUT2D eigenvalue weighted by atomic mass is 10.3. The molecule has 5 heteroatoms. The predicted molar refractivity (Wildman–Crippen MR) is 66.2 cm³/mol. The molecule has 0 spiro atoms. The number of fused-ring (bicyclic) bond motifs is 1. The highest BCUT2D eigenvalue weighted by atomic mass is 15.1. The number of nitrogens with one attached hydrogen (secondary N) is 1. The molecule has 5 nitrogen and oxygen atoms in total. The van der Waals surface area contributed by atoms with Gasteiger partial charge in [0.1, 0.15) is 24.3 Å². The van der Waals surface area contributed by atoms with E-state index in [4.69, 9.17) is 0 Å². The summed E-state index contributed by atoms with van der Waals surface area (Å²) in [6, 6.07) is 9.84. The molecular formula is C12H11N5. The molecule has 1 aromatic carbocycles. The maximum atomic E-state index is 4.33. The van der Waals surface area contributed by atoms with Crippen molar-refractivity contribution in [2.75, 3.05) is 12.4 Å². The van der Waals surface area contributed by atoms with Crippen LogP contribution in [0, 0.1) is 0 Å². The van der Waals surface area contributed by atoms with E-state index in [1.807, 2.05) is 41.9 Å². The van der Waals surface area contributed by atoms with Crippen LogP contribution in [-0.2, 0) is 0 Å². The van der Waals surface area contributed by atoms with Crippen molar-refractivity contribution >= 4 is 16.9 Å². The van der Waals surface area contributed by atoms with Gasteiger partial charge in [-0.1, -0.05) is 12.1 Å². The minimum atomic E-state index is 0.785. The van der Waals surface area contributed by atoms with Gasteiger partial charge in [-0.2, -0.15) is 0 Å². The highest BCUT2D eigenvalue weighted by Gasteiger charge is 2.05. The average molecular weight is 225 g/mol. The summed E-state index contributed by atoms with van der Waals surface area (Å²) in [4.78, 5) is 12.7. The van der Waals surface area contributed by atoms with Crippen molar-refractivity contribution in [3.05, 3.63) is 43.0 Å². The topological polar surface area (TPSA) is 55.6 Å². The van der Waals surface area contributed by atoms with E-state index >= 15 is 0 Å². The van der Waals surface area contributed by atoms with Crippen LogP contribution < -0.4 is 5.32 Å². The van der Waals surface area contributed by atoms with Gasteiger partial charge in [0.25, 0.3) is 0 Å². The molecule has 2 aromatic heterocycles. The first-order valence-electron chi connectivity index (χ1n) is 5.31. The second kappa shape index (κ2) is 3.86. The molecule has 1 N–H and O–H groups in total. The van der Waals surface area contributed by atoms with Gasteiger partial charge >= 0.3 is 0 Å². The second-order valence-electron chi connectivity index (χ2n) is 3.61. The van der Waals surface area contributed by atoms with E-state index in [0.29, 0.717) is 0 Å². The zero-order valence-electron chi connectivity index (χ0n) is 9.33. The van der Waals surface area contributed by atoms with Gasteiger partial charge in [0.05, 0.1) is 11.0 Å². The monoisotopic (exact) mass is 225 g/mol. The Morgan fingerprint density at radius 2 is 2.00 bits per heavy atom. The molecule has 17 heavy (non-hydrogen) atoms. The Labute approximate surface area is 98.2 Å². The van der Waals surface area contributed by atoms with Gasteiger partial charge in [-0.15, -0.1) is 0 Å². The largest absolute Gasteiger partial charge is 0.373 e. The molecule has 0 atom stereocenters. The molecule has 3 rings (SSSR count). The molecule has 0 amide bonds. The molecule has 0 saturated carbocycles. The first kappa shape index (κ1) is 9.77. The SMILES string of the molecule is CNc1cc(-n2cnc3ccccc32)ncn1. The Morgan fingerprint density at radius 3 is 2.88 bits per heavy atom. The van der Waals surface area contributed by atoms with E-state index < -0.39 is 0 Å². The highest BCUT2D eigenvalue weighted by Crippen LogP contribution is 2.17. The quantitative estimate of drug-likeness (QED) is 0.723. The first-order chi connectivity index (χ1) is 8.38. The van der Waals surface area contributed by atoms with Gasteiger partial charge < -0.3 is 5.32 Å². The number of para-hydroxylation sites is 2. The van der Waals surface area contributed by atoms with Gasteiger partial charge in [0, 0.05) is 13.1 Å². The number of hydrogen-bond acceptors (Lipinski definition) is 4. The van der Waals surface area contributed by atoms with Crippen molar-refractivity contribution in [2.24, 2.45) is 0 Å². The molecule has 0 radical (unpaired) electrons. The van der Waals surface area contributed by atoms with Crippen molar-refractivity contribution in [2.45, 2.75) is 0 Å². The van der Waals surface area contributed by atoms with Gasteiger partial charge in [-0.05, 0) is 12.1 Å². The average Bonchev–Trinajstić information content (AvgIpc) is 2.82. The summed E-state index contributed by atoms with van der Waals surface area (Å²) in [7, 11) is 1.83. The zero-order valence-corrected chi connectivity index (χ0v) is 9.33. The molecule has 0 bridgehead atoms. The number of hydrogen-bond donors (Lipinski definition) is 1. The maximum absolute atomic E-state index is 4.33. The number of rotatable bonds is 2. The Kier molecular flexibility index (Phi) is 2.22.